The van der Waals surface area contributed by atoms with Gasteiger partial charge in [0.15, 0.2) is 0 Å². The average Bonchev–Trinajstić information content (AvgIpc) is 1.99. The van der Waals surface area contributed by atoms with Crippen LogP contribution in [0.1, 0.15) is 32.6 Å². The van der Waals surface area contributed by atoms with Gasteiger partial charge < -0.3 is 5.73 Å². The van der Waals surface area contributed by atoms with Crippen molar-refractivity contribution in [2.45, 2.75) is 44.7 Å². The van der Waals surface area contributed by atoms with Crippen LogP contribution in [0.4, 0.5) is 0 Å². The summed E-state index contributed by atoms with van der Waals surface area (Å²) in [6, 6.07) is 1.31. The Bertz CT molecular complexity index is 152. The van der Waals surface area contributed by atoms with Crippen LogP contribution in [0.15, 0.2) is 0 Å². The van der Waals surface area contributed by atoms with Crippen LogP contribution < -0.4 is 5.73 Å². The Morgan fingerprint density at radius 2 is 2.00 bits per heavy atom. The Morgan fingerprint density at radius 3 is 2.58 bits per heavy atom. The molecule has 1 saturated carbocycles. The van der Waals surface area contributed by atoms with Gasteiger partial charge in [0.1, 0.15) is 0 Å². The molecule has 2 heteroatoms. The lowest BCUT2D eigenvalue weighted by atomic mass is 9.87. The van der Waals surface area contributed by atoms with Gasteiger partial charge in [-0.25, -0.2) is 0 Å². The van der Waals surface area contributed by atoms with Gasteiger partial charge in [-0.3, -0.25) is 4.90 Å². The summed E-state index contributed by atoms with van der Waals surface area (Å²) in [5.74, 6) is 0.933. The zero-order valence-electron chi connectivity index (χ0n) is 8.00. The number of nitrogens with zero attached hydrogens (tertiary/aromatic N) is 1. The second-order valence-corrected chi connectivity index (χ2v) is 4.64. The van der Waals surface area contributed by atoms with E-state index in [0.29, 0.717) is 6.04 Å². The molecule has 2 fully saturated rings. The molecule has 2 unspecified atom stereocenters. The number of hydrogen-bond acceptors (Lipinski definition) is 2. The summed E-state index contributed by atoms with van der Waals surface area (Å²) in [7, 11) is 0. The van der Waals surface area contributed by atoms with Gasteiger partial charge in [-0.05, 0) is 25.2 Å². The van der Waals surface area contributed by atoms with Crippen LogP contribution in [0.5, 0.6) is 0 Å². The Hall–Kier alpha value is -0.0800. The average molecular weight is 168 g/mol. The molecular weight excluding hydrogens is 148 g/mol. The van der Waals surface area contributed by atoms with Crippen molar-refractivity contribution in [2.75, 3.05) is 13.1 Å². The summed E-state index contributed by atoms with van der Waals surface area (Å²) < 4.78 is 0. The molecule has 0 aromatic carbocycles. The molecule has 1 aliphatic carbocycles. The van der Waals surface area contributed by atoms with Crippen molar-refractivity contribution < 1.29 is 0 Å². The van der Waals surface area contributed by atoms with E-state index < -0.39 is 0 Å². The van der Waals surface area contributed by atoms with Crippen LogP contribution in [-0.4, -0.2) is 30.1 Å². The molecule has 2 rings (SSSR count). The smallest absolute Gasteiger partial charge is 0.0110 e. The van der Waals surface area contributed by atoms with E-state index in [2.05, 4.69) is 11.8 Å². The topological polar surface area (TPSA) is 29.3 Å². The zero-order chi connectivity index (χ0) is 8.55. The van der Waals surface area contributed by atoms with Crippen molar-refractivity contribution in [3.63, 3.8) is 0 Å². The van der Waals surface area contributed by atoms with E-state index in [-0.39, 0.29) is 0 Å². The highest BCUT2D eigenvalue weighted by molar-refractivity contribution is 4.88. The van der Waals surface area contributed by atoms with Crippen LogP contribution in [0.2, 0.25) is 0 Å². The standard InChI is InChI=1S/C10H20N2/c1-8-6-12(7-8)10-4-2-3-9(11)5-10/h8-10H,2-7,11H2,1H3. The predicted octanol–water partition coefficient (Wildman–Crippen LogP) is 1.21. The van der Waals surface area contributed by atoms with Gasteiger partial charge in [0, 0.05) is 25.2 Å². The first-order valence-electron chi connectivity index (χ1n) is 5.25. The van der Waals surface area contributed by atoms with Gasteiger partial charge in [0.25, 0.3) is 0 Å². The molecule has 1 saturated heterocycles. The van der Waals surface area contributed by atoms with Gasteiger partial charge in [-0.2, -0.15) is 0 Å². The highest BCUT2D eigenvalue weighted by Crippen LogP contribution is 2.27. The van der Waals surface area contributed by atoms with Crippen LogP contribution in [0.3, 0.4) is 0 Å². The van der Waals surface area contributed by atoms with E-state index in [4.69, 9.17) is 5.73 Å². The molecule has 2 nitrogen and oxygen atoms in total. The van der Waals surface area contributed by atoms with Gasteiger partial charge in [-0.15, -0.1) is 0 Å². The normalized spacial score (nSPS) is 39.5. The highest BCUT2D eigenvalue weighted by Gasteiger charge is 2.31. The molecule has 12 heavy (non-hydrogen) atoms. The molecule has 0 radical (unpaired) electrons. The molecule has 1 aliphatic heterocycles. The number of hydrogen-bond donors (Lipinski definition) is 1. The number of likely N-dealkylation sites (tertiary alicyclic amines) is 1. The molecule has 0 aromatic heterocycles. The predicted molar refractivity (Wildman–Crippen MR) is 51.0 cm³/mol. The van der Waals surface area contributed by atoms with Crippen molar-refractivity contribution in [1.29, 1.82) is 0 Å². The van der Waals surface area contributed by atoms with E-state index >= 15 is 0 Å². The molecular formula is C10H20N2. The molecule has 2 atom stereocenters. The van der Waals surface area contributed by atoms with E-state index in [9.17, 15) is 0 Å². The summed E-state index contributed by atoms with van der Waals surface area (Å²) >= 11 is 0. The number of nitrogens with two attached hydrogens (primary N) is 1. The fourth-order valence-corrected chi connectivity index (χ4v) is 2.58. The highest BCUT2D eigenvalue weighted by atomic mass is 15.2. The van der Waals surface area contributed by atoms with Crippen molar-refractivity contribution in [3.05, 3.63) is 0 Å². The van der Waals surface area contributed by atoms with Crippen molar-refractivity contribution in [1.82, 2.24) is 4.90 Å². The molecule has 2 N–H and O–H groups in total. The van der Waals surface area contributed by atoms with Gasteiger partial charge in [-0.1, -0.05) is 13.3 Å². The zero-order valence-corrected chi connectivity index (χ0v) is 8.00. The summed E-state index contributed by atoms with van der Waals surface area (Å²) in [6.45, 7) is 4.97. The van der Waals surface area contributed by atoms with Crippen molar-refractivity contribution >= 4 is 0 Å². The van der Waals surface area contributed by atoms with E-state index in [0.717, 1.165) is 12.0 Å². The lowest BCUT2D eigenvalue weighted by Gasteiger charge is -2.45. The van der Waals surface area contributed by atoms with Crippen LogP contribution in [0, 0.1) is 5.92 Å². The summed E-state index contributed by atoms with van der Waals surface area (Å²) in [4.78, 5) is 2.61. The maximum absolute atomic E-state index is 5.95. The van der Waals surface area contributed by atoms with Crippen molar-refractivity contribution in [3.8, 4) is 0 Å². The van der Waals surface area contributed by atoms with Crippen LogP contribution in [-0.2, 0) is 0 Å². The van der Waals surface area contributed by atoms with Crippen LogP contribution in [0.25, 0.3) is 0 Å². The monoisotopic (exact) mass is 168 g/mol. The molecule has 2 aliphatic rings. The Morgan fingerprint density at radius 1 is 1.25 bits per heavy atom. The lowest BCUT2D eigenvalue weighted by molar-refractivity contribution is 0.0402. The minimum atomic E-state index is 0.486. The lowest BCUT2D eigenvalue weighted by Crippen LogP contribution is -2.53. The third kappa shape index (κ3) is 1.64. The molecule has 70 valence electrons. The van der Waals surface area contributed by atoms with E-state index in [1.165, 1.54) is 38.8 Å². The quantitative estimate of drug-likeness (QED) is 0.637. The fourth-order valence-electron chi connectivity index (χ4n) is 2.58. The molecule has 0 spiro atoms. The minimum absolute atomic E-state index is 0.486. The SMILES string of the molecule is CC1CN(C2CCCC(N)C2)C1. The van der Waals surface area contributed by atoms with Crippen molar-refractivity contribution in [2.24, 2.45) is 11.7 Å². The van der Waals surface area contributed by atoms with E-state index in [1.807, 2.05) is 0 Å². The largest absolute Gasteiger partial charge is 0.328 e. The van der Waals surface area contributed by atoms with Gasteiger partial charge in [0.05, 0.1) is 0 Å². The minimum Gasteiger partial charge on any atom is -0.328 e. The Balaban J connectivity index is 1.80. The summed E-state index contributed by atoms with van der Waals surface area (Å²) in [6.07, 6.45) is 5.23. The fraction of sp³-hybridized carbons (Fsp3) is 1.00. The maximum atomic E-state index is 5.95. The van der Waals surface area contributed by atoms with E-state index in [1.54, 1.807) is 0 Å². The second-order valence-electron chi connectivity index (χ2n) is 4.64. The first kappa shape index (κ1) is 8.52. The number of rotatable bonds is 1. The molecule has 0 bridgehead atoms. The maximum Gasteiger partial charge on any atom is 0.0110 e. The first-order chi connectivity index (χ1) is 5.75. The third-order valence-corrected chi connectivity index (χ3v) is 3.30. The van der Waals surface area contributed by atoms with Gasteiger partial charge >= 0.3 is 0 Å². The van der Waals surface area contributed by atoms with Crippen LogP contribution >= 0.6 is 0 Å². The molecule has 0 amide bonds. The molecule has 1 heterocycles. The molecule has 0 aromatic rings. The second kappa shape index (κ2) is 3.35. The van der Waals surface area contributed by atoms with Gasteiger partial charge in [0.2, 0.25) is 0 Å². The Kier molecular flexibility index (Phi) is 2.37. The summed E-state index contributed by atoms with van der Waals surface area (Å²) in [5.41, 5.74) is 5.95. The summed E-state index contributed by atoms with van der Waals surface area (Å²) in [5, 5.41) is 0. The third-order valence-electron chi connectivity index (χ3n) is 3.30. The Labute approximate surface area is 75.1 Å². The first-order valence-corrected chi connectivity index (χ1v) is 5.25.